The molecule has 3 nitrogen and oxygen atoms in total. The van der Waals surface area contributed by atoms with Crippen molar-refractivity contribution in [2.75, 3.05) is 11.4 Å². The first-order valence-corrected chi connectivity index (χ1v) is 9.25. The second-order valence-electron chi connectivity index (χ2n) is 6.76. The molecule has 1 aliphatic carbocycles. The van der Waals surface area contributed by atoms with Gasteiger partial charge < -0.3 is 10.0 Å². The Kier molecular flexibility index (Phi) is 6.06. The molecule has 1 saturated carbocycles. The normalized spacial score (nSPS) is 17.6. The average Bonchev–Trinajstić information content (AvgIpc) is 3.12. The third kappa shape index (κ3) is 3.98. The maximum atomic E-state index is 9.66. The van der Waals surface area contributed by atoms with Crippen molar-refractivity contribution in [1.29, 1.82) is 0 Å². The van der Waals surface area contributed by atoms with E-state index in [2.05, 4.69) is 32.6 Å². The van der Waals surface area contributed by atoms with Crippen molar-refractivity contribution in [2.24, 2.45) is 5.92 Å². The molecule has 1 N–H and O–H groups in total. The summed E-state index contributed by atoms with van der Waals surface area (Å²) < 4.78 is 0. The Hall–Kier alpha value is -0.610. The van der Waals surface area contributed by atoms with E-state index in [1.165, 1.54) is 25.7 Å². The van der Waals surface area contributed by atoms with Gasteiger partial charge in [-0.1, -0.05) is 51.9 Å². The van der Waals surface area contributed by atoms with Gasteiger partial charge in [-0.25, -0.2) is 4.98 Å². The summed E-state index contributed by atoms with van der Waals surface area (Å²) in [6, 6.07) is 0.648. The molecule has 21 heavy (non-hydrogen) atoms. The topological polar surface area (TPSA) is 36.4 Å². The van der Waals surface area contributed by atoms with Crippen molar-refractivity contribution < 1.29 is 5.11 Å². The van der Waals surface area contributed by atoms with Gasteiger partial charge >= 0.3 is 0 Å². The van der Waals surface area contributed by atoms with Gasteiger partial charge in [0, 0.05) is 12.6 Å². The van der Waals surface area contributed by atoms with Crippen LogP contribution in [-0.2, 0) is 6.61 Å². The summed E-state index contributed by atoms with van der Waals surface area (Å²) in [4.78, 5) is 8.52. The average molecular weight is 311 g/mol. The van der Waals surface area contributed by atoms with Crippen LogP contribution in [0.15, 0.2) is 0 Å². The molecule has 0 saturated heterocycles. The number of thiazole rings is 1. The highest BCUT2D eigenvalue weighted by Crippen LogP contribution is 2.36. The Labute approximate surface area is 133 Å². The summed E-state index contributed by atoms with van der Waals surface area (Å²) in [7, 11) is 0. The molecule has 0 bridgehead atoms. The minimum atomic E-state index is 0.123. The van der Waals surface area contributed by atoms with E-state index in [9.17, 15) is 5.11 Å². The van der Waals surface area contributed by atoms with E-state index < -0.39 is 0 Å². The quantitative estimate of drug-likeness (QED) is 0.802. The summed E-state index contributed by atoms with van der Waals surface area (Å²) in [5.74, 6) is 1.07. The van der Waals surface area contributed by atoms with E-state index in [1.54, 1.807) is 11.3 Å². The van der Waals surface area contributed by atoms with Crippen LogP contribution in [0.4, 0.5) is 5.13 Å². The number of hydrogen-bond acceptors (Lipinski definition) is 4. The minimum absolute atomic E-state index is 0.123. The Morgan fingerprint density at radius 1 is 1.29 bits per heavy atom. The number of aromatic nitrogens is 1. The molecule has 1 aromatic rings. The fourth-order valence-corrected chi connectivity index (χ4v) is 4.28. The molecule has 1 aliphatic rings. The highest BCUT2D eigenvalue weighted by atomic mass is 32.1. The van der Waals surface area contributed by atoms with Gasteiger partial charge in [-0.3, -0.25) is 0 Å². The summed E-state index contributed by atoms with van der Waals surface area (Å²) in [5.41, 5.74) is 1.12. The standard InChI is InChI=1S/C17H30N2OS/c1-5-13(4)16-15(11-20)21-17(18-16)19(10-12(2)3)14-8-6-7-9-14/h12-14,20H,5-11H2,1-4H3. The van der Waals surface area contributed by atoms with Crippen molar-refractivity contribution in [3.63, 3.8) is 0 Å². The largest absolute Gasteiger partial charge is 0.391 e. The fraction of sp³-hybridized carbons (Fsp3) is 0.824. The predicted octanol–water partition coefficient (Wildman–Crippen LogP) is 4.55. The van der Waals surface area contributed by atoms with Crippen LogP contribution in [0.1, 0.15) is 76.3 Å². The second-order valence-corrected chi connectivity index (χ2v) is 7.82. The second kappa shape index (κ2) is 7.59. The van der Waals surface area contributed by atoms with Gasteiger partial charge in [0.1, 0.15) is 0 Å². The first-order valence-electron chi connectivity index (χ1n) is 8.43. The van der Waals surface area contributed by atoms with E-state index >= 15 is 0 Å². The summed E-state index contributed by atoms with van der Waals surface area (Å²) in [6.45, 7) is 10.1. The monoisotopic (exact) mass is 310 g/mol. The first kappa shape index (κ1) is 16.8. The molecule has 1 atom stereocenters. The van der Waals surface area contributed by atoms with Crippen LogP contribution in [0, 0.1) is 5.92 Å². The van der Waals surface area contributed by atoms with Crippen LogP contribution in [0.2, 0.25) is 0 Å². The Morgan fingerprint density at radius 3 is 2.48 bits per heavy atom. The molecule has 4 heteroatoms. The molecule has 2 rings (SSSR count). The summed E-state index contributed by atoms with van der Waals surface area (Å²) >= 11 is 1.70. The molecule has 1 unspecified atom stereocenters. The molecular weight excluding hydrogens is 280 g/mol. The smallest absolute Gasteiger partial charge is 0.186 e. The van der Waals surface area contributed by atoms with Gasteiger partial charge in [-0.15, -0.1) is 0 Å². The van der Waals surface area contributed by atoms with Crippen molar-refractivity contribution in [1.82, 2.24) is 4.98 Å². The molecule has 0 aromatic carbocycles. The molecule has 0 aliphatic heterocycles. The van der Waals surface area contributed by atoms with Crippen LogP contribution >= 0.6 is 11.3 Å². The SMILES string of the molecule is CCC(C)c1nc(N(CC(C)C)C2CCCC2)sc1CO. The third-order valence-corrected chi connectivity index (χ3v) is 5.61. The molecule has 0 spiro atoms. The molecule has 1 aromatic heterocycles. The zero-order chi connectivity index (χ0) is 15.4. The van der Waals surface area contributed by atoms with Gasteiger partial charge in [-0.2, -0.15) is 0 Å². The molecule has 1 fully saturated rings. The fourth-order valence-electron chi connectivity index (χ4n) is 3.16. The summed E-state index contributed by atoms with van der Waals surface area (Å²) in [6.07, 6.45) is 6.34. The lowest BCUT2D eigenvalue weighted by molar-refractivity contribution is 0.283. The van der Waals surface area contributed by atoms with Gasteiger partial charge in [0.25, 0.3) is 0 Å². The number of nitrogens with zero attached hydrogens (tertiary/aromatic N) is 2. The van der Waals surface area contributed by atoms with E-state index in [0.717, 1.165) is 28.7 Å². The Bertz CT molecular complexity index is 438. The van der Waals surface area contributed by atoms with Crippen molar-refractivity contribution in [3.05, 3.63) is 10.6 Å². The maximum absolute atomic E-state index is 9.66. The van der Waals surface area contributed by atoms with Crippen molar-refractivity contribution >= 4 is 16.5 Å². The van der Waals surface area contributed by atoms with Gasteiger partial charge in [0.15, 0.2) is 5.13 Å². The highest BCUT2D eigenvalue weighted by Gasteiger charge is 2.27. The van der Waals surface area contributed by atoms with Gasteiger partial charge in [0.05, 0.1) is 17.2 Å². The van der Waals surface area contributed by atoms with Crippen molar-refractivity contribution in [3.8, 4) is 0 Å². The van der Waals surface area contributed by atoms with Crippen LogP contribution in [0.5, 0.6) is 0 Å². The molecule has 0 radical (unpaired) electrons. The predicted molar refractivity (Wildman–Crippen MR) is 91.2 cm³/mol. The third-order valence-electron chi connectivity index (χ3n) is 4.51. The van der Waals surface area contributed by atoms with Crippen LogP contribution in [-0.4, -0.2) is 22.7 Å². The number of anilines is 1. The van der Waals surface area contributed by atoms with Gasteiger partial charge in [0.2, 0.25) is 0 Å². The number of hydrogen-bond donors (Lipinski definition) is 1. The minimum Gasteiger partial charge on any atom is -0.391 e. The Balaban J connectivity index is 2.28. The summed E-state index contributed by atoms with van der Waals surface area (Å²) in [5, 5.41) is 10.8. The zero-order valence-electron chi connectivity index (χ0n) is 13.9. The van der Waals surface area contributed by atoms with Crippen molar-refractivity contribution in [2.45, 2.75) is 78.4 Å². The number of rotatable bonds is 7. The van der Waals surface area contributed by atoms with E-state index in [-0.39, 0.29) is 6.61 Å². The number of aliphatic hydroxyl groups excluding tert-OH is 1. The molecular formula is C17H30N2OS. The van der Waals surface area contributed by atoms with Crippen LogP contribution < -0.4 is 4.90 Å². The van der Waals surface area contributed by atoms with Crippen LogP contribution in [0.3, 0.4) is 0 Å². The first-order chi connectivity index (χ1) is 10.1. The lowest BCUT2D eigenvalue weighted by Gasteiger charge is -2.30. The Morgan fingerprint density at radius 2 is 1.95 bits per heavy atom. The molecule has 0 amide bonds. The van der Waals surface area contributed by atoms with E-state index in [4.69, 9.17) is 4.98 Å². The van der Waals surface area contributed by atoms with E-state index in [0.29, 0.717) is 17.9 Å². The zero-order valence-corrected chi connectivity index (χ0v) is 14.7. The lowest BCUT2D eigenvalue weighted by Crippen LogP contribution is -2.36. The molecule has 1 heterocycles. The maximum Gasteiger partial charge on any atom is 0.186 e. The lowest BCUT2D eigenvalue weighted by atomic mass is 10.0. The highest BCUT2D eigenvalue weighted by molar-refractivity contribution is 7.15. The van der Waals surface area contributed by atoms with Gasteiger partial charge in [-0.05, 0) is 31.1 Å². The van der Waals surface area contributed by atoms with E-state index in [1.807, 2.05) is 0 Å². The molecule has 120 valence electrons. The van der Waals surface area contributed by atoms with Crippen LogP contribution in [0.25, 0.3) is 0 Å². The number of aliphatic hydroxyl groups is 1.